The van der Waals surface area contributed by atoms with Crippen molar-refractivity contribution in [3.63, 3.8) is 0 Å². The standard InChI is InChI=1S/C15H20F3N3O2/c1-11(2)20-6-8-21(9-7-20)14(22)12-4-3-5-13(19-12)23-10-15(16,17)18/h3-5,11H,6-10H2,1-2H3. The van der Waals surface area contributed by atoms with Crippen LogP contribution in [-0.4, -0.2) is 65.7 Å². The van der Waals surface area contributed by atoms with Crippen molar-refractivity contribution >= 4 is 5.91 Å². The molecule has 1 amide bonds. The zero-order chi connectivity index (χ0) is 17.0. The lowest BCUT2D eigenvalue weighted by Gasteiger charge is -2.36. The van der Waals surface area contributed by atoms with Gasteiger partial charge in [-0.05, 0) is 19.9 Å². The first-order chi connectivity index (χ1) is 10.8. The van der Waals surface area contributed by atoms with Crippen molar-refractivity contribution in [3.05, 3.63) is 23.9 Å². The molecule has 0 aromatic carbocycles. The van der Waals surface area contributed by atoms with Crippen LogP contribution in [0.15, 0.2) is 18.2 Å². The fourth-order valence-corrected chi connectivity index (χ4v) is 2.37. The first-order valence-electron chi connectivity index (χ1n) is 7.46. The Hall–Kier alpha value is -1.83. The molecule has 1 aliphatic heterocycles. The van der Waals surface area contributed by atoms with Crippen molar-refractivity contribution in [2.24, 2.45) is 0 Å². The quantitative estimate of drug-likeness (QED) is 0.848. The van der Waals surface area contributed by atoms with Crippen molar-refractivity contribution in [2.45, 2.75) is 26.1 Å². The number of hydrogen-bond donors (Lipinski definition) is 0. The van der Waals surface area contributed by atoms with Crippen LogP contribution in [0.5, 0.6) is 5.88 Å². The van der Waals surface area contributed by atoms with Crippen molar-refractivity contribution in [2.75, 3.05) is 32.8 Å². The van der Waals surface area contributed by atoms with Crippen LogP contribution in [0.25, 0.3) is 0 Å². The molecule has 1 fully saturated rings. The molecule has 0 radical (unpaired) electrons. The third-order valence-electron chi connectivity index (χ3n) is 3.66. The Labute approximate surface area is 133 Å². The summed E-state index contributed by atoms with van der Waals surface area (Å²) in [5.74, 6) is -0.486. The molecule has 0 unspecified atom stereocenters. The molecule has 23 heavy (non-hydrogen) atoms. The second-order valence-electron chi connectivity index (χ2n) is 5.69. The first kappa shape index (κ1) is 17.5. The number of piperazine rings is 1. The number of hydrogen-bond acceptors (Lipinski definition) is 4. The summed E-state index contributed by atoms with van der Waals surface area (Å²) in [5, 5.41) is 0. The number of nitrogens with zero attached hydrogens (tertiary/aromatic N) is 3. The van der Waals surface area contributed by atoms with E-state index in [1.54, 1.807) is 4.90 Å². The van der Waals surface area contributed by atoms with Gasteiger partial charge in [0.2, 0.25) is 5.88 Å². The Morgan fingerprint density at radius 2 is 1.91 bits per heavy atom. The summed E-state index contributed by atoms with van der Waals surface area (Å²) in [5.41, 5.74) is 0.0997. The highest BCUT2D eigenvalue weighted by Crippen LogP contribution is 2.18. The highest BCUT2D eigenvalue weighted by atomic mass is 19.4. The number of carbonyl (C=O) groups excluding carboxylic acids is 1. The molecule has 2 rings (SSSR count). The maximum Gasteiger partial charge on any atom is 0.422 e. The largest absolute Gasteiger partial charge is 0.468 e. The van der Waals surface area contributed by atoms with Crippen LogP contribution in [0.3, 0.4) is 0 Å². The second kappa shape index (κ2) is 7.16. The molecule has 128 valence electrons. The van der Waals surface area contributed by atoms with E-state index in [0.717, 1.165) is 13.1 Å². The predicted molar refractivity (Wildman–Crippen MR) is 78.4 cm³/mol. The van der Waals surface area contributed by atoms with Gasteiger partial charge in [-0.2, -0.15) is 13.2 Å². The summed E-state index contributed by atoms with van der Waals surface area (Å²) < 4.78 is 41.1. The Kier molecular flexibility index (Phi) is 5.46. The van der Waals surface area contributed by atoms with Gasteiger partial charge >= 0.3 is 6.18 Å². The number of halogens is 3. The molecule has 0 N–H and O–H groups in total. The Balaban J connectivity index is 1.97. The number of carbonyl (C=O) groups is 1. The number of amides is 1. The van der Waals surface area contributed by atoms with E-state index in [-0.39, 0.29) is 17.5 Å². The van der Waals surface area contributed by atoms with E-state index in [9.17, 15) is 18.0 Å². The number of alkyl halides is 3. The lowest BCUT2D eigenvalue weighted by molar-refractivity contribution is -0.154. The summed E-state index contributed by atoms with van der Waals surface area (Å²) in [6.07, 6.45) is -4.44. The van der Waals surface area contributed by atoms with E-state index in [0.29, 0.717) is 19.1 Å². The topological polar surface area (TPSA) is 45.7 Å². The molecular weight excluding hydrogens is 311 g/mol. The van der Waals surface area contributed by atoms with E-state index in [4.69, 9.17) is 0 Å². The van der Waals surface area contributed by atoms with Crippen LogP contribution in [0.4, 0.5) is 13.2 Å². The number of rotatable bonds is 4. The summed E-state index contributed by atoms with van der Waals surface area (Å²) in [6, 6.07) is 4.68. The van der Waals surface area contributed by atoms with Gasteiger partial charge in [-0.25, -0.2) is 4.98 Å². The van der Waals surface area contributed by atoms with E-state index in [1.807, 2.05) is 0 Å². The molecule has 2 heterocycles. The average Bonchev–Trinajstić information content (AvgIpc) is 2.52. The van der Waals surface area contributed by atoms with Crippen LogP contribution in [0.1, 0.15) is 24.3 Å². The Morgan fingerprint density at radius 1 is 1.26 bits per heavy atom. The first-order valence-corrected chi connectivity index (χ1v) is 7.46. The monoisotopic (exact) mass is 331 g/mol. The molecule has 8 heteroatoms. The zero-order valence-electron chi connectivity index (χ0n) is 13.1. The molecule has 1 aromatic rings. The van der Waals surface area contributed by atoms with Crippen molar-refractivity contribution in [1.29, 1.82) is 0 Å². The second-order valence-corrected chi connectivity index (χ2v) is 5.69. The van der Waals surface area contributed by atoms with E-state index in [1.165, 1.54) is 18.2 Å². The highest BCUT2D eigenvalue weighted by Gasteiger charge is 2.29. The maximum atomic E-state index is 12.4. The maximum absolute atomic E-state index is 12.4. The van der Waals surface area contributed by atoms with Gasteiger partial charge in [0.05, 0.1) is 0 Å². The summed E-state index contributed by atoms with van der Waals surface area (Å²) >= 11 is 0. The van der Waals surface area contributed by atoms with Crippen LogP contribution >= 0.6 is 0 Å². The zero-order valence-corrected chi connectivity index (χ0v) is 13.1. The molecular formula is C15H20F3N3O2. The smallest absolute Gasteiger partial charge is 0.422 e. The van der Waals surface area contributed by atoms with Gasteiger partial charge in [0.15, 0.2) is 6.61 Å². The minimum absolute atomic E-state index is 0.0997. The van der Waals surface area contributed by atoms with E-state index < -0.39 is 12.8 Å². The van der Waals surface area contributed by atoms with Crippen LogP contribution < -0.4 is 4.74 Å². The van der Waals surface area contributed by atoms with Crippen molar-refractivity contribution < 1.29 is 22.7 Å². The molecule has 0 bridgehead atoms. The Bertz CT molecular complexity index is 541. The van der Waals surface area contributed by atoms with Gasteiger partial charge in [0.1, 0.15) is 5.69 Å². The molecule has 0 aliphatic carbocycles. The molecule has 1 saturated heterocycles. The highest BCUT2D eigenvalue weighted by molar-refractivity contribution is 5.92. The summed E-state index contributed by atoms with van der Waals surface area (Å²) in [6.45, 7) is 5.46. The van der Waals surface area contributed by atoms with E-state index in [2.05, 4.69) is 28.5 Å². The molecule has 1 aromatic heterocycles. The van der Waals surface area contributed by atoms with Gasteiger partial charge in [-0.15, -0.1) is 0 Å². The van der Waals surface area contributed by atoms with Crippen LogP contribution in [-0.2, 0) is 0 Å². The summed E-state index contributed by atoms with van der Waals surface area (Å²) in [4.78, 5) is 20.2. The number of aromatic nitrogens is 1. The fraction of sp³-hybridized carbons (Fsp3) is 0.600. The molecule has 0 spiro atoms. The van der Waals surface area contributed by atoms with Gasteiger partial charge in [-0.1, -0.05) is 6.07 Å². The lowest BCUT2D eigenvalue weighted by Crippen LogP contribution is -2.50. The normalized spacial score (nSPS) is 16.7. The Morgan fingerprint density at radius 3 is 2.48 bits per heavy atom. The van der Waals surface area contributed by atoms with E-state index >= 15 is 0 Å². The molecule has 0 saturated carbocycles. The van der Waals surface area contributed by atoms with Crippen molar-refractivity contribution in [1.82, 2.24) is 14.8 Å². The lowest BCUT2D eigenvalue weighted by atomic mass is 10.2. The van der Waals surface area contributed by atoms with Gasteiger partial charge < -0.3 is 9.64 Å². The molecule has 0 atom stereocenters. The number of pyridine rings is 1. The number of ether oxygens (including phenoxy) is 1. The third-order valence-corrected chi connectivity index (χ3v) is 3.66. The van der Waals surface area contributed by atoms with Crippen molar-refractivity contribution in [3.8, 4) is 5.88 Å². The summed E-state index contributed by atoms with van der Waals surface area (Å²) in [7, 11) is 0. The van der Waals surface area contributed by atoms with Gasteiger partial charge in [0.25, 0.3) is 5.91 Å². The fourth-order valence-electron chi connectivity index (χ4n) is 2.37. The van der Waals surface area contributed by atoms with Gasteiger partial charge in [0, 0.05) is 38.3 Å². The predicted octanol–water partition coefficient (Wildman–Crippen LogP) is 2.19. The van der Waals surface area contributed by atoms with Gasteiger partial charge in [-0.3, -0.25) is 9.69 Å². The van der Waals surface area contributed by atoms with Crippen LogP contribution in [0, 0.1) is 0 Å². The average molecular weight is 331 g/mol. The molecule has 1 aliphatic rings. The molecule has 5 nitrogen and oxygen atoms in total. The SMILES string of the molecule is CC(C)N1CCN(C(=O)c2cccc(OCC(F)(F)F)n2)CC1. The van der Waals surface area contributed by atoms with Crippen LogP contribution in [0.2, 0.25) is 0 Å². The third kappa shape index (κ3) is 5.09. The minimum atomic E-state index is -4.44. The minimum Gasteiger partial charge on any atom is -0.468 e.